The van der Waals surface area contributed by atoms with Crippen LogP contribution in [0.15, 0.2) is 48.5 Å². The van der Waals surface area contributed by atoms with Gasteiger partial charge in [-0.05, 0) is 18.2 Å². The molecule has 2 heterocycles. The number of phenols is 1. The van der Waals surface area contributed by atoms with Crippen molar-refractivity contribution in [1.29, 1.82) is 0 Å². The number of rotatable bonds is 1. The van der Waals surface area contributed by atoms with E-state index in [1.165, 1.54) is 0 Å². The highest BCUT2D eigenvalue weighted by Gasteiger charge is 2.28. The highest BCUT2D eigenvalue weighted by atomic mass is 32.2. The SMILES string of the molecule is Oc1ccccc1C1SCc2nc3ccccc3n21. The molecule has 0 bridgehead atoms. The molecule has 0 aliphatic carbocycles. The van der Waals surface area contributed by atoms with Crippen LogP contribution in [0.25, 0.3) is 11.0 Å². The van der Waals surface area contributed by atoms with Crippen LogP contribution in [0, 0.1) is 0 Å². The Morgan fingerprint density at radius 1 is 1.11 bits per heavy atom. The second kappa shape index (κ2) is 4.03. The molecule has 0 saturated carbocycles. The van der Waals surface area contributed by atoms with Crippen LogP contribution in [-0.2, 0) is 5.75 Å². The minimum Gasteiger partial charge on any atom is -0.508 e. The number of thioether (sulfide) groups is 1. The fraction of sp³-hybridized carbons (Fsp3) is 0.133. The number of aromatic hydroxyl groups is 1. The fourth-order valence-corrected chi connectivity index (χ4v) is 3.88. The van der Waals surface area contributed by atoms with Crippen molar-refractivity contribution in [3.8, 4) is 5.75 Å². The molecule has 1 aliphatic heterocycles. The molecule has 0 amide bonds. The van der Waals surface area contributed by atoms with Gasteiger partial charge in [0.1, 0.15) is 16.9 Å². The maximum Gasteiger partial charge on any atom is 0.121 e. The van der Waals surface area contributed by atoms with Crippen LogP contribution in [0.5, 0.6) is 5.75 Å². The zero-order chi connectivity index (χ0) is 12.8. The molecule has 19 heavy (non-hydrogen) atoms. The van der Waals surface area contributed by atoms with E-state index in [-0.39, 0.29) is 5.37 Å². The number of phenolic OH excluding ortho intramolecular Hbond substituents is 1. The summed E-state index contributed by atoms with van der Waals surface area (Å²) >= 11 is 1.80. The summed E-state index contributed by atoms with van der Waals surface area (Å²) in [7, 11) is 0. The van der Waals surface area contributed by atoms with E-state index in [9.17, 15) is 5.11 Å². The van der Waals surface area contributed by atoms with Crippen molar-refractivity contribution in [2.24, 2.45) is 0 Å². The Kier molecular flexibility index (Phi) is 2.32. The second-order valence-corrected chi connectivity index (χ2v) is 5.68. The monoisotopic (exact) mass is 268 g/mol. The molecule has 3 aromatic rings. The third kappa shape index (κ3) is 1.56. The molecular weight excluding hydrogens is 256 g/mol. The fourth-order valence-electron chi connectivity index (χ4n) is 2.61. The Hall–Kier alpha value is -1.94. The first kappa shape index (κ1) is 10.9. The lowest BCUT2D eigenvalue weighted by molar-refractivity contribution is 0.466. The predicted octanol–water partition coefficient (Wildman–Crippen LogP) is 3.54. The van der Waals surface area contributed by atoms with Gasteiger partial charge < -0.3 is 9.67 Å². The van der Waals surface area contributed by atoms with Gasteiger partial charge in [0, 0.05) is 5.56 Å². The van der Waals surface area contributed by atoms with E-state index in [1.807, 2.05) is 36.4 Å². The largest absolute Gasteiger partial charge is 0.508 e. The van der Waals surface area contributed by atoms with E-state index < -0.39 is 0 Å². The summed E-state index contributed by atoms with van der Waals surface area (Å²) in [6, 6.07) is 15.7. The average molecular weight is 268 g/mol. The number of hydrogen-bond donors (Lipinski definition) is 1. The number of hydrogen-bond acceptors (Lipinski definition) is 3. The van der Waals surface area contributed by atoms with Crippen LogP contribution < -0.4 is 0 Å². The first-order chi connectivity index (χ1) is 9.34. The van der Waals surface area contributed by atoms with Crippen LogP contribution in [0.4, 0.5) is 0 Å². The summed E-state index contributed by atoms with van der Waals surface area (Å²) in [5.74, 6) is 2.32. The molecule has 1 aromatic heterocycles. The van der Waals surface area contributed by atoms with Gasteiger partial charge in [0.25, 0.3) is 0 Å². The van der Waals surface area contributed by atoms with E-state index in [4.69, 9.17) is 0 Å². The van der Waals surface area contributed by atoms with Crippen LogP contribution in [0.1, 0.15) is 16.8 Å². The quantitative estimate of drug-likeness (QED) is 0.733. The summed E-state index contributed by atoms with van der Waals surface area (Å²) in [6.45, 7) is 0. The number of benzene rings is 2. The molecule has 4 heteroatoms. The summed E-state index contributed by atoms with van der Waals surface area (Å²) in [6.07, 6.45) is 0. The Morgan fingerprint density at radius 3 is 2.79 bits per heavy atom. The van der Waals surface area contributed by atoms with E-state index >= 15 is 0 Å². The molecule has 94 valence electrons. The maximum atomic E-state index is 10.1. The van der Waals surface area contributed by atoms with Crippen molar-refractivity contribution in [3.63, 3.8) is 0 Å². The highest BCUT2D eigenvalue weighted by molar-refractivity contribution is 7.99. The normalized spacial score (nSPS) is 17.8. The van der Waals surface area contributed by atoms with E-state index in [1.54, 1.807) is 17.8 Å². The van der Waals surface area contributed by atoms with Gasteiger partial charge >= 0.3 is 0 Å². The molecule has 2 aromatic carbocycles. The molecule has 1 N–H and O–H groups in total. The van der Waals surface area contributed by atoms with Gasteiger partial charge in [-0.2, -0.15) is 0 Å². The minimum atomic E-state index is 0.114. The van der Waals surface area contributed by atoms with Crippen molar-refractivity contribution in [1.82, 2.24) is 9.55 Å². The lowest BCUT2D eigenvalue weighted by Crippen LogP contribution is -2.03. The van der Waals surface area contributed by atoms with Crippen molar-refractivity contribution in [3.05, 3.63) is 59.9 Å². The van der Waals surface area contributed by atoms with Crippen molar-refractivity contribution >= 4 is 22.8 Å². The first-order valence-corrected chi connectivity index (χ1v) is 7.25. The van der Waals surface area contributed by atoms with Gasteiger partial charge in [-0.25, -0.2) is 4.98 Å². The molecular formula is C15H12N2OS. The van der Waals surface area contributed by atoms with E-state index in [2.05, 4.69) is 15.6 Å². The Balaban J connectivity index is 1.94. The Morgan fingerprint density at radius 2 is 1.89 bits per heavy atom. The average Bonchev–Trinajstić information content (AvgIpc) is 2.98. The standard InChI is InChI=1S/C15H12N2OS/c18-13-8-4-1-5-10(13)15-17-12-7-3-2-6-11(12)16-14(17)9-19-15/h1-8,15,18H,9H2. The van der Waals surface area contributed by atoms with Crippen LogP contribution >= 0.6 is 11.8 Å². The van der Waals surface area contributed by atoms with Crippen molar-refractivity contribution < 1.29 is 5.11 Å². The lowest BCUT2D eigenvalue weighted by atomic mass is 10.2. The van der Waals surface area contributed by atoms with Gasteiger partial charge in [-0.15, -0.1) is 11.8 Å². The number of fused-ring (bicyclic) bond motifs is 3. The third-order valence-corrected chi connectivity index (χ3v) is 4.68. The predicted molar refractivity (Wildman–Crippen MR) is 77.3 cm³/mol. The molecule has 4 rings (SSSR count). The molecule has 0 saturated heterocycles. The smallest absolute Gasteiger partial charge is 0.121 e. The summed E-state index contributed by atoms with van der Waals surface area (Å²) in [4.78, 5) is 4.66. The molecule has 3 nitrogen and oxygen atoms in total. The Bertz CT molecular complexity index is 766. The zero-order valence-electron chi connectivity index (χ0n) is 10.2. The Labute approximate surface area is 114 Å². The third-order valence-electron chi connectivity index (χ3n) is 3.48. The number of para-hydroxylation sites is 3. The van der Waals surface area contributed by atoms with Crippen molar-refractivity contribution in [2.75, 3.05) is 0 Å². The zero-order valence-corrected chi connectivity index (χ0v) is 11.0. The number of imidazole rings is 1. The van der Waals surface area contributed by atoms with Gasteiger partial charge in [-0.3, -0.25) is 0 Å². The van der Waals surface area contributed by atoms with E-state index in [0.29, 0.717) is 5.75 Å². The number of nitrogens with zero attached hydrogens (tertiary/aromatic N) is 2. The maximum absolute atomic E-state index is 10.1. The minimum absolute atomic E-state index is 0.114. The molecule has 0 fully saturated rings. The van der Waals surface area contributed by atoms with Gasteiger partial charge in [-0.1, -0.05) is 30.3 Å². The molecule has 1 aliphatic rings. The summed E-state index contributed by atoms with van der Waals surface area (Å²) in [5, 5.41) is 10.2. The second-order valence-electron chi connectivity index (χ2n) is 4.61. The van der Waals surface area contributed by atoms with Crippen molar-refractivity contribution in [2.45, 2.75) is 11.1 Å². The van der Waals surface area contributed by atoms with Crippen LogP contribution in [0.3, 0.4) is 0 Å². The molecule has 0 radical (unpaired) electrons. The molecule has 1 atom stereocenters. The highest BCUT2D eigenvalue weighted by Crippen LogP contribution is 2.44. The summed E-state index contributed by atoms with van der Waals surface area (Å²) in [5.41, 5.74) is 3.11. The van der Waals surface area contributed by atoms with Gasteiger partial charge in [0.2, 0.25) is 0 Å². The molecule has 1 unspecified atom stereocenters. The molecule has 0 spiro atoms. The van der Waals surface area contributed by atoms with Gasteiger partial charge in [0.15, 0.2) is 0 Å². The lowest BCUT2D eigenvalue weighted by Gasteiger charge is -2.15. The topological polar surface area (TPSA) is 38.1 Å². The van der Waals surface area contributed by atoms with E-state index in [0.717, 1.165) is 28.2 Å². The van der Waals surface area contributed by atoms with Crippen LogP contribution in [0.2, 0.25) is 0 Å². The first-order valence-electron chi connectivity index (χ1n) is 6.20. The van der Waals surface area contributed by atoms with Crippen LogP contribution in [-0.4, -0.2) is 14.7 Å². The summed E-state index contributed by atoms with van der Waals surface area (Å²) < 4.78 is 2.23. The number of aromatic nitrogens is 2. The van der Waals surface area contributed by atoms with Gasteiger partial charge in [0.05, 0.1) is 16.8 Å².